The van der Waals surface area contributed by atoms with Crippen LogP contribution in [0.1, 0.15) is 17.3 Å². The third-order valence-corrected chi connectivity index (χ3v) is 4.68. The van der Waals surface area contributed by atoms with Gasteiger partial charge in [-0.1, -0.05) is 12.1 Å². The minimum atomic E-state index is -2.52. The standard InChI is InChI=1S/C22H13F3N6/c23-15-10-17-14(5-2-8-29-17)20(24)19(15)21(25)22(28)31-18(27)7-6-16(30-31)13-4-1-3-12(9-13)11-26/h1-10,21,27-28H. The van der Waals surface area contributed by atoms with Crippen molar-refractivity contribution in [1.29, 1.82) is 16.1 Å². The molecular formula is C22H13F3N6. The van der Waals surface area contributed by atoms with E-state index in [9.17, 15) is 8.78 Å². The number of pyridine rings is 1. The van der Waals surface area contributed by atoms with Gasteiger partial charge >= 0.3 is 0 Å². The van der Waals surface area contributed by atoms with Crippen molar-refractivity contribution in [2.75, 3.05) is 0 Å². The molecule has 4 rings (SSSR count). The van der Waals surface area contributed by atoms with Gasteiger partial charge in [-0.3, -0.25) is 15.8 Å². The van der Waals surface area contributed by atoms with Gasteiger partial charge in [0.15, 0.2) is 12.0 Å². The van der Waals surface area contributed by atoms with Crippen molar-refractivity contribution in [3.8, 4) is 17.3 Å². The maximum absolute atomic E-state index is 15.2. The first-order valence-electron chi connectivity index (χ1n) is 9.01. The summed E-state index contributed by atoms with van der Waals surface area (Å²) in [4.78, 5) is 3.85. The highest BCUT2D eigenvalue weighted by atomic mass is 19.2. The Morgan fingerprint density at radius 2 is 1.90 bits per heavy atom. The topological polar surface area (TPSA) is 102 Å². The van der Waals surface area contributed by atoms with Crippen LogP contribution in [0.5, 0.6) is 0 Å². The fourth-order valence-corrected chi connectivity index (χ4v) is 3.15. The number of alkyl halides is 1. The molecule has 0 saturated carbocycles. The van der Waals surface area contributed by atoms with E-state index in [1.54, 1.807) is 24.3 Å². The van der Waals surface area contributed by atoms with Crippen molar-refractivity contribution in [1.82, 2.24) is 14.8 Å². The van der Waals surface area contributed by atoms with Gasteiger partial charge in [0, 0.05) is 23.2 Å². The first kappa shape index (κ1) is 20.0. The molecule has 0 aliphatic heterocycles. The number of aromatic nitrogens is 3. The smallest absolute Gasteiger partial charge is 0.190 e. The van der Waals surface area contributed by atoms with Crippen molar-refractivity contribution in [3.05, 3.63) is 89.0 Å². The monoisotopic (exact) mass is 418 g/mol. The quantitative estimate of drug-likeness (QED) is 0.384. The summed E-state index contributed by atoms with van der Waals surface area (Å²) < 4.78 is 45.2. The summed E-state index contributed by atoms with van der Waals surface area (Å²) in [6.45, 7) is 0. The van der Waals surface area contributed by atoms with Gasteiger partial charge < -0.3 is 0 Å². The maximum atomic E-state index is 15.2. The van der Waals surface area contributed by atoms with Gasteiger partial charge in [0.05, 0.1) is 28.4 Å². The molecule has 2 heterocycles. The van der Waals surface area contributed by atoms with Gasteiger partial charge in [-0.2, -0.15) is 15.0 Å². The van der Waals surface area contributed by atoms with Crippen molar-refractivity contribution in [3.63, 3.8) is 0 Å². The normalized spacial score (nSPS) is 11.8. The van der Waals surface area contributed by atoms with Gasteiger partial charge in [0.25, 0.3) is 0 Å². The predicted octanol–water partition coefficient (Wildman–Crippen LogP) is 4.26. The van der Waals surface area contributed by atoms with Crippen LogP contribution in [-0.4, -0.2) is 20.6 Å². The van der Waals surface area contributed by atoms with Crippen molar-refractivity contribution in [2.45, 2.75) is 6.17 Å². The van der Waals surface area contributed by atoms with Crippen LogP contribution in [0, 0.1) is 33.8 Å². The molecule has 0 amide bonds. The van der Waals surface area contributed by atoms with E-state index in [4.69, 9.17) is 16.1 Å². The Balaban J connectivity index is 1.79. The molecule has 0 bridgehead atoms. The SMILES string of the molecule is N#Cc1cccc(-c2ccc(=N)n(C(=N)C(F)c3c(F)cc4ncccc4c3F)n2)c1. The van der Waals surface area contributed by atoms with E-state index in [0.29, 0.717) is 15.8 Å². The molecule has 0 spiro atoms. The highest BCUT2D eigenvalue weighted by molar-refractivity contribution is 5.88. The lowest BCUT2D eigenvalue weighted by Gasteiger charge is -2.15. The van der Waals surface area contributed by atoms with Gasteiger partial charge in [0.1, 0.15) is 17.1 Å². The van der Waals surface area contributed by atoms with E-state index in [2.05, 4.69) is 10.1 Å². The molecule has 1 atom stereocenters. The van der Waals surface area contributed by atoms with E-state index >= 15 is 4.39 Å². The molecule has 31 heavy (non-hydrogen) atoms. The van der Waals surface area contributed by atoms with Crippen LogP contribution < -0.4 is 5.49 Å². The Bertz CT molecular complexity index is 1440. The van der Waals surface area contributed by atoms with Crippen molar-refractivity contribution < 1.29 is 13.2 Å². The summed E-state index contributed by atoms with van der Waals surface area (Å²) in [5.74, 6) is -3.28. The number of hydrogen-bond donors (Lipinski definition) is 2. The lowest BCUT2D eigenvalue weighted by atomic mass is 10.0. The summed E-state index contributed by atoms with van der Waals surface area (Å²) >= 11 is 0. The average molecular weight is 418 g/mol. The van der Waals surface area contributed by atoms with Crippen molar-refractivity contribution >= 4 is 16.7 Å². The Hall–Kier alpha value is -4.32. The lowest BCUT2D eigenvalue weighted by Crippen LogP contribution is -2.32. The number of rotatable bonds is 3. The third-order valence-electron chi connectivity index (χ3n) is 4.68. The molecule has 0 saturated heterocycles. The van der Waals surface area contributed by atoms with E-state index in [-0.39, 0.29) is 22.1 Å². The summed E-state index contributed by atoms with van der Waals surface area (Å²) in [6, 6.07) is 14.8. The van der Waals surface area contributed by atoms with Crippen LogP contribution in [0.15, 0.2) is 60.8 Å². The van der Waals surface area contributed by atoms with E-state index in [1.165, 1.54) is 30.5 Å². The number of benzene rings is 2. The Labute approximate surface area is 173 Å². The highest BCUT2D eigenvalue weighted by Gasteiger charge is 2.28. The highest BCUT2D eigenvalue weighted by Crippen LogP contribution is 2.30. The molecule has 0 aliphatic rings. The van der Waals surface area contributed by atoms with Gasteiger partial charge in [0.2, 0.25) is 0 Å². The van der Waals surface area contributed by atoms with Gasteiger partial charge in [-0.25, -0.2) is 13.2 Å². The molecule has 152 valence electrons. The predicted molar refractivity (Wildman–Crippen MR) is 107 cm³/mol. The molecule has 2 aromatic carbocycles. The molecule has 0 fully saturated rings. The van der Waals surface area contributed by atoms with E-state index in [1.807, 2.05) is 6.07 Å². The van der Waals surface area contributed by atoms with Crippen LogP contribution in [0.3, 0.4) is 0 Å². The molecule has 2 N–H and O–H groups in total. The average Bonchev–Trinajstić information content (AvgIpc) is 2.79. The maximum Gasteiger partial charge on any atom is 0.190 e. The first-order valence-corrected chi connectivity index (χ1v) is 9.01. The number of nitrogens with one attached hydrogen (secondary N) is 2. The fourth-order valence-electron chi connectivity index (χ4n) is 3.15. The Kier molecular flexibility index (Phi) is 5.05. The van der Waals surface area contributed by atoms with Crippen LogP contribution >= 0.6 is 0 Å². The summed E-state index contributed by atoms with van der Waals surface area (Å²) in [6.07, 6.45) is -1.17. The second kappa shape index (κ2) is 7.84. The van der Waals surface area contributed by atoms with Crippen LogP contribution in [-0.2, 0) is 0 Å². The largest absolute Gasteiger partial charge is 0.284 e. The second-order valence-electron chi connectivity index (χ2n) is 6.61. The molecule has 9 heteroatoms. The van der Waals surface area contributed by atoms with E-state index < -0.39 is 29.2 Å². The molecule has 0 radical (unpaired) electrons. The van der Waals surface area contributed by atoms with Crippen LogP contribution in [0.25, 0.3) is 22.2 Å². The van der Waals surface area contributed by atoms with Crippen LogP contribution in [0.4, 0.5) is 13.2 Å². The minimum absolute atomic E-state index is 0.0197. The minimum Gasteiger partial charge on any atom is -0.284 e. The summed E-state index contributed by atoms with van der Waals surface area (Å²) in [5, 5.41) is 29.2. The molecule has 6 nitrogen and oxygen atoms in total. The molecule has 0 aliphatic carbocycles. The van der Waals surface area contributed by atoms with Crippen molar-refractivity contribution in [2.24, 2.45) is 0 Å². The number of halogens is 3. The van der Waals surface area contributed by atoms with Crippen LogP contribution in [0.2, 0.25) is 0 Å². The van der Waals surface area contributed by atoms with Gasteiger partial charge in [-0.15, -0.1) is 0 Å². The number of hydrogen-bond acceptors (Lipinski definition) is 5. The third kappa shape index (κ3) is 3.55. The molecule has 2 aromatic heterocycles. The fraction of sp³-hybridized carbons (Fsp3) is 0.0455. The van der Waals surface area contributed by atoms with Gasteiger partial charge in [-0.05, 0) is 36.4 Å². The molecule has 1 unspecified atom stereocenters. The first-order chi connectivity index (χ1) is 14.9. The zero-order valence-corrected chi connectivity index (χ0v) is 15.8. The molecular weight excluding hydrogens is 405 g/mol. The second-order valence-corrected chi connectivity index (χ2v) is 6.61. The Morgan fingerprint density at radius 3 is 2.68 bits per heavy atom. The summed E-state index contributed by atoms with van der Waals surface area (Å²) in [7, 11) is 0. The number of fused-ring (bicyclic) bond motifs is 1. The number of nitriles is 1. The molecule has 4 aromatic rings. The summed E-state index contributed by atoms with van der Waals surface area (Å²) in [5.41, 5.74) is -0.148. The lowest BCUT2D eigenvalue weighted by molar-refractivity contribution is 0.393. The number of nitrogens with zero attached hydrogens (tertiary/aromatic N) is 4. The zero-order valence-electron chi connectivity index (χ0n) is 15.8. The zero-order chi connectivity index (χ0) is 22.1. The van der Waals surface area contributed by atoms with E-state index in [0.717, 1.165) is 6.07 Å². The Morgan fingerprint density at radius 1 is 1.10 bits per heavy atom.